The van der Waals surface area contributed by atoms with E-state index in [-0.39, 0.29) is 16.9 Å². The number of aliphatic hydroxyl groups is 2. The Morgan fingerprint density at radius 3 is 2.61 bits per heavy atom. The van der Waals surface area contributed by atoms with Crippen molar-refractivity contribution in [1.29, 1.82) is 0 Å². The molecule has 1 aliphatic rings. The number of nitrogens with one attached hydrogen (secondary N) is 1. The van der Waals surface area contributed by atoms with Crippen molar-refractivity contribution in [1.82, 2.24) is 14.3 Å². The second kappa shape index (κ2) is 9.63. The molecule has 1 fully saturated rings. The van der Waals surface area contributed by atoms with Gasteiger partial charge in [0, 0.05) is 11.8 Å². The Morgan fingerprint density at radius 2 is 1.94 bits per heavy atom. The van der Waals surface area contributed by atoms with Gasteiger partial charge in [-0.15, -0.1) is 0 Å². The number of nitrogen functional groups attached to an aromatic ring is 1. The summed E-state index contributed by atoms with van der Waals surface area (Å²) in [6, 6.07) is 6.38. The summed E-state index contributed by atoms with van der Waals surface area (Å²) in [5, 5.41) is 20.3. The average Bonchev–Trinajstić information content (AvgIpc) is 3.05. The van der Waals surface area contributed by atoms with Gasteiger partial charge in [0.1, 0.15) is 24.1 Å². The number of aromatic nitrogens is 2. The van der Waals surface area contributed by atoms with E-state index < -0.39 is 59.0 Å². The zero-order valence-electron chi connectivity index (χ0n) is 17.0. The third kappa shape index (κ3) is 5.52. The van der Waals surface area contributed by atoms with Crippen molar-refractivity contribution < 1.29 is 41.9 Å². The first kappa shape index (κ1) is 24.3. The van der Waals surface area contributed by atoms with Gasteiger partial charge in [0.25, 0.3) is 5.91 Å². The van der Waals surface area contributed by atoms with Gasteiger partial charge < -0.3 is 25.4 Å². The van der Waals surface area contributed by atoms with Gasteiger partial charge in [0.15, 0.2) is 6.23 Å². The molecule has 178 valence electrons. The van der Waals surface area contributed by atoms with Gasteiger partial charge in [0.05, 0.1) is 19.3 Å². The predicted molar refractivity (Wildman–Crippen MR) is 109 cm³/mol. The number of nitrogens with zero attached hydrogens (tertiary/aromatic N) is 2. The predicted octanol–water partition coefficient (Wildman–Crippen LogP) is -2.08. The molecule has 3 rings (SSSR count). The fourth-order valence-electron chi connectivity index (χ4n) is 2.98. The molecule has 0 aliphatic carbocycles. The minimum atomic E-state index is -4.68. The number of nitrogens with two attached hydrogens (primary N) is 1. The highest BCUT2D eigenvalue weighted by molar-refractivity contribution is 7.85. The molecule has 1 saturated heterocycles. The number of rotatable bonds is 7. The van der Waals surface area contributed by atoms with Crippen LogP contribution in [0.1, 0.15) is 26.9 Å². The number of ether oxygens (including phenoxy) is 2. The number of anilines is 1. The molecule has 0 bridgehead atoms. The summed E-state index contributed by atoms with van der Waals surface area (Å²) in [6.07, 6.45) is -4.80. The molecule has 1 aromatic carbocycles. The molecule has 4 atom stereocenters. The van der Waals surface area contributed by atoms with Crippen LogP contribution in [0.5, 0.6) is 0 Å². The first-order valence-electron chi connectivity index (χ1n) is 9.28. The second-order valence-corrected chi connectivity index (χ2v) is 8.18. The lowest BCUT2D eigenvalue weighted by molar-refractivity contribution is -0.0509. The van der Waals surface area contributed by atoms with Crippen molar-refractivity contribution in [2.24, 2.45) is 0 Å². The van der Waals surface area contributed by atoms with Crippen LogP contribution >= 0.6 is 0 Å². The molecule has 0 radical (unpaired) electrons. The van der Waals surface area contributed by atoms with Gasteiger partial charge in [-0.3, -0.25) is 13.5 Å². The van der Waals surface area contributed by atoms with Crippen molar-refractivity contribution in [3.05, 3.63) is 58.1 Å². The Kier molecular flexibility index (Phi) is 7.09. The Hall–Kier alpha value is -3.37. The van der Waals surface area contributed by atoms with E-state index in [2.05, 4.69) is 13.9 Å². The lowest BCUT2D eigenvalue weighted by Crippen LogP contribution is -2.38. The minimum Gasteiger partial charge on any atom is -0.465 e. The van der Waals surface area contributed by atoms with Crippen molar-refractivity contribution in [2.45, 2.75) is 24.5 Å². The Balaban J connectivity index is 1.64. The number of carbonyl (C=O) groups excluding carboxylic acids is 2. The third-order valence-electron chi connectivity index (χ3n) is 4.61. The monoisotopic (exact) mass is 484 g/mol. The minimum absolute atomic E-state index is 0.0263. The van der Waals surface area contributed by atoms with Crippen LogP contribution in [-0.4, -0.2) is 72.1 Å². The molecule has 1 aromatic heterocycles. The van der Waals surface area contributed by atoms with Crippen molar-refractivity contribution in [2.75, 3.05) is 19.5 Å². The molecule has 0 saturated carbocycles. The second-order valence-electron chi connectivity index (χ2n) is 6.83. The molecule has 14 nitrogen and oxygen atoms in total. The quantitative estimate of drug-likeness (QED) is 0.312. The van der Waals surface area contributed by atoms with E-state index in [9.17, 15) is 33.0 Å². The summed E-state index contributed by atoms with van der Waals surface area (Å²) in [5.41, 5.74) is 4.41. The maximum absolute atomic E-state index is 12.2. The molecule has 0 spiro atoms. The zero-order valence-corrected chi connectivity index (χ0v) is 17.8. The van der Waals surface area contributed by atoms with E-state index in [0.29, 0.717) is 0 Å². The highest BCUT2D eigenvalue weighted by Crippen LogP contribution is 2.28. The largest absolute Gasteiger partial charge is 0.465 e. The van der Waals surface area contributed by atoms with E-state index in [1.807, 2.05) is 0 Å². The van der Waals surface area contributed by atoms with Crippen LogP contribution in [0, 0.1) is 0 Å². The number of esters is 1. The molecule has 2 heterocycles. The normalized spacial score (nSPS) is 22.6. The fraction of sp³-hybridized carbons (Fsp3) is 0.333. The average molecular weight is 484 g/mol. The Bertz CT molecular complexity index is 1210. The molecule has 33 heavy (non-hydrogen) atoms. The summed E-state index contributed by atoms with van der Waals surface area (Å²) < 4.78 is 41.4. The lowest BCUT2D eigenvalue weighted by atomic mass is 10.1. The molecule has 5 N–H and O–H groups in total. The number of amides is 1. The number of aliphatic hydroxyl groups excluding tert-OH is 2. The first-order valence-corrected chi connectivity index (χ1v) is 10.7. The number of methoxy groups -OCH3 is 1. The van der Waals surface area contributed by atoms with E-state index in [4.69, 9.17) is 10.5 Å². The van der Waals surface area contributed by atoms with E-state index in [1.165, 1.54) is 30.5 Å². The van der Waals surface area contributed by atoms with E-state index in [0.717, 1.165) is 17.7 Å². The molecular formula is C18H20N4O10S. The van der Waals surface area contributed by atoms with Crippen LogP contribution in [-0.2, 0) is 24.0 Å². The summed E-state index contributed by atoms with van der Waals surface area (Å²) in [6.45, 7) is -0.795. The van der Waals surface area contributed by atoms with E-state index >= 15 is 0 Å². The van der Waals surface area contributed by atoms with Crippen LogP contribution in [0.15, 0.2) is 41.3 Å². The molecule has 0 unspecified atom stereocenters. The SMILES string of the molecule is COC(=O)c1cccc(C(=O)NS(=O)(=O)OC[C@H]2O[C@@H](n3ccc(N)nc3=O)[C@H](O)[C@@H]2O)c1. The maximum atomic E-state index is 12.2. The highest BCUT2D eigenvalue weighted by atomic mass is 32.2. The van der Waals surface area contributed by atoms with Crippen molar-refractivity contribution in [3.8, 4) is 0 Å². The van der Waals surface area contributed by atoms with Crippen LogP contribution < -0.4 is 16.1 Å². The van der Waals surface area contributed by atoms with E-state index in [1.54, 1.807) is 4.72 Å². The van der Waals surface area contributed by atoms with Crippen molar-refractivity contribution in [3.63, 3.8) is 0 Å². The van der Waals surface area contributed by atoms with Gasteiger partial charge in [-0.05, 0) is 24.3 Å². The highest BCUT2D eigenvalue weighted by Gasteiger charge is 2.45. The van der Waals surface area contributed by atoms with Gasteiger partial charge in [-0.1, -0.05) is 6.07 Å². The topological polar surface area (TPSA) is 209 Å². The Labute approximate surface area is 186 Å². The summed E-state index contributed by atoms with van der Waals surface area (Å²) in [7, 11) is -3.53. The zero-order chi connectivity index (χ0) is 24.3. The summed E-state index contributed by atoms with van der Waals surface area (Å²) in [5.74, 6) is -1.88. The number of carbonyl (C=O) groups is 2. The molecular weight excluding hydrogens is 464 g/mol. The Morgan fingerprint density at radius 1 is 1.24 bits per heavy atom. The molecule has 1 aliphatic heterocycles. The van der Waals surface area contributed by atoms with Crippen LogP contribution in [0.25, 0.3) is 0 Å². The van der Waals surface area contributed by atoms with Crippen LogP contribution in [0.2, 0.25) is 0 Å². The van der Waals surface area contributed by atoms with Gasteiger partial charge in [-0.25, -0.2) is 14.3 Å². The molecule has 2 aromatic rings. The van der Waals surface area contributed by atoms with Crippen LogP contribution in [0.3, 0.4) is 0 Å². The fourth-order valence-corrected chi connectivity index (χ4v) is 3.70. The summed E-state index contributed by atoms with van der Waals surface area (Å²) >= 11 is 0. The maximum Gasteiger partial charge on any atom is 0.362 e. The summed E-state index contributed by atoms with van der Waals surface area (Å²) in [4.78, 5) is 39.2. The van der Waals surface area contributed by atoms with Crippen molar-refractivity contribution >= 4 is 28.0 Å². The number of hydrogen-bond acceptors (Lipinski definition) is 12. The first-order chi connectivity index (χ1) is 15.5. The third-order valence-corrected chi connectivity index (χ3v) is 5.50. The molecule has 15 heteroatoms. The number of hydrogen-bond donors (Lipinski definition) is 4. The smallest absolute Gasteiger partial charge is 0.362 e. The standard InChI is InChI=1S/C18H20N4O10S/c1-30-17(26)10-4-2-3-9(7-10)15(25)21-33(28,29)31-8-11-13(23)14(24)16(32-11)22-6-5-12(19)20-18(22)27/h2-7,11,13-14,16,23-24H,8H2,1H3,(H,21,25)(H2,19,20,27)/t11-,13-,14-,16-/m1/s1. The van der Waals surface area contributed by atoms with Crippen LogP contribution in [0.4, 0.5) is 5.82 Å². The van der Waals surface area contributed by atoms with Gasteiger partial charge >= 0.3 is 22.0 Å². The number of benzene rings is 1. The lowest BCUT2D eigenvalue weighted by Gasteiger charge is -2.16. The molecule has 1 amide bonds. The van der Waals surface area contributed by atoms with Gasteiger partial charge in [0.2, 0.25) is 0 Å². The van der Waals surface area contributed by atoms with Gasteiger partial charge in [-0.2, -0.15) is 13.4 Å².